The summed E-state index contributed by atoms with van der Waals surface area (Å²) >= 11 is 0. The molecule has 0 bridgehead atoms. The highest BCUT2D eigenvalue weighted by Gasteiger charge is 2.29. The van der Waals surface area contributed by atoms with Crippen molar-refractivity contribution in [3.05, 3.63) is 59.7 Å². The van der Waals surface area contributed by atoms with E-state index in [-0.39, 0.29) is 5.91 Å². The van der Waals surface area contributed by atoms with Crippen molar-refractivity contribution in [2.24, 2.45) is 0 Å². The zero-order valence-corrected chi connectivity index (χ0v) is 14.2. The summed E-state index contributed by atoms with van der Waals surface area (Å²) in [4.78, 5) is 15.0. The number of carbonyl (C=O) groups is 1. The van der Waals surface area contributed by atoms with Crippen molar-refractivity contribution in [2.75, 3.05) is 6.54 Å². The average Bonchev–Trinajstić information content (AvgIpc) is 3.30. The Balaban J connectivity index is 1.40. The van der Waals surface area contributed by atoms with Gasteiger partial charge in [0.15, 0.2) is 0 Å². The lowest BCUT2D eigenvalue weighted by molar-refractivity contribution is 0.0729. The molecule has 1 aliphatic heterocycles. The number of nitrogens with zero attached hydrogens (tertiary/aromatic N) is 3. The van der Waals surface area contributed by atoms with E-state index in [1.807, 2.05) is 29.2 Å². The maximum absolute atomic E-state index is 12.9. The van der Waals surface area contributed by atoms with E-state index >= 15 is 0 Å². The Bertz CT molecular complexity index is 858. The van der Waals surface area contributed by atoms with Crippen LogP contribution in [0.25, 0.3) is 11.0 Å². The molecule has 2 heterocycles. The summed E-state index contributed by atoms with van der Waals surface area (Å²) in [5.41, 5.74) is 3.61. The van der Waals surface area contributed by atoms with Gasteiger partial charge in [-0.05, 0) is 55.9 Å². The summed E-state index contributed by atoms with van der Waals surface area (Å²) in [6.45, 7) is 0.853. The number of rotatable bonds is 5. The van der Waals surface area contributed by atoms with Crippen LogP contribution in [0.2, 0.25) is 0 Å². The number of aryl methyl sites for hydroxylation is 1. The smallest absolute Gasteiger partial charge is 0.254 e. The first-order valence-electron chi connectivity index (χ1n) is 8.97. The van der Waals surface area contributed by atoms with Crippen LogP contribution in [0, 0.1) is 0 Å². The molecule has 1 unspecified atom stereocenters. The molecule has 5 heteroatoms. The summed E-state index contributed by atoms with van der Waals surface area (Å²) in [5, 5.41) is 10.7. The van der Waals surface area contributed by atoms with Crippen molar-refractivity contribution < 1.29 is 4.79 Å². The van der Waals surface area contributed by atoms with Crippen molar-refractivity contribution in [3.8, 4) is 0 Å². The van der Waals surface area contributed by atoms with Gasteiger partial charge in [-0.15, -0.1) is 0 Å². The number of nitrogens with one attached hydrogen (secondary N) is 1. The first-order valence-corrected chi connectivity index (χ1v) is 8.97. The van der Waals surface area contributed by atoms with E-state index in [0.717, 1.165) is 49.7 Å². The van der Waals surface area contributed by atoms with Crippen molar-refractivity contribution in [3.63, 3.8) is 0 Å². The van der Waals surface area contributed by atoms with Gasteiger partial charge in [-0.1, -0.05) is 30.3 Å². The molecule has 0 aliphatic carbocycles. The van der Waals surface area contributed by atoms with Gasteiger partial charge >= 0.3 is 0 Å². The number of H-pyrrole nitrogens is 1. The summed E-state index contributed by atoms with van der Waals surface area (Å²) < 4.78 is 0. The molecule has 0 spiro atoms. The second kappa shape index (κ2) is 7.05. The number of carbonyl (C=O) groups excluding carboxylic acids is 1. The zero-order valence-electron chi connectivity index (χ0n) is 14.2. The van der Waals surface area contributed by atoms with E-state index in [2.05, 4.69) is 39.7 Å². The number of hydrogen-bond acceptors (Lipinski definition) is 3. The second-order valence-electron chi connectivity index (χ2n) is 6.70. The largest absolute Gasteiger partial charge is 0.336 e. The van der Waals surface area contributed by atoms with Gasteiger partial charge in [0, 0.05) is 18.2 Å². The van der Waals surface area contributed by atoms with Crippen LogP contribution >= 0.6 is 0 Å². The number of likely N-dealkylation sites (tertiary alicyclic amines) is 1. The van der Waals surface area contributed by atoms with Crippen LogP contribution in [0.5, 0.6) is 0 Å². The highest BCUT2D eigenvalue weighted by Crippen LogP contribution is 2.25. The minimum absolute atomic E-state index is 0.118. The van der Waals surface area contributed by atoms with Gasteiger partial charge in [-0.2, -0.15) is 15.4 Å². The Labute approximate surface area is 147 Å². The van der Waals surface area contributed by atoms with Gasteiger partial charge in [-0.25, -0.2) is 0 Å². The number of amides is 1. The number of benzene rings is 2. The lowest BCUT2D eigenvalue weighted by Gasteiger charge is -2.25. The highest BCUT2D eigenvalue weighted by molar-refractivity contribution is 5.97. The molecule has 25 heavy (non-hydrogen) atoms. The van der Waals surface area contributed by atoms with Crippen LogP contribution < -0.4 is 0 Å². The van der Waals surface area contributed by atoms with E-state index < -0.39 is 0 Å². The fourth-order valence-electron chi connectivity index (χ4n) is 3.73. The van der Waals surface area contributed by atoms with Gasteiger partial charge < -0.3 is 4.90 Å². The molecule has 5 nitrogen and oxygen atoms in total. The molecule has 1 amide bonds. The number of aromatic amines is 1. The molecule has 3 aromatic rings. The molecule has 128 valence electrons. The molecule has 4 rings (SSSR count). The molecule has 1 atom stereocenters. The number of fused-ring (bicyclic) bond motifs is 1. The first kappa shape index (κ1) is 15.8. The quantitative estimate of drug-likeness (QED) is 0.776. The van der Waals surface area contributed by atoms with Gasteiger partial charge in [0.05, 0.1) is 0 Å². The van der Waals surface area contributed by atoms with Crippen LogP contribution in [-0.2, 0) is 6.42 Å². The van der Waals surface area contributed by atoms with Crippen LogP contribution in [0.4, 0.5) is 0 Å². The minimum Gasteiger partial charge on any atom is -0.336 e. The van der Waals surface area contributed by atoms with E-state index in [0.29, 0.717) is 11.6 Å². The molecule has 1 aromatic heterocycles. The molecule has 0 radical (unpaired) electrons. The van der Waals surface area contributed by atoms with Crippen molar-refractivity contribution in [1.29, 1.82) is 0 Å². The molecule has 1 fully saturated rings. The number of aromatic nitrogens is 3. The Hall–Kier alpha value is -2.69. The first-order chi connectivity index (χ1) is 12.3. The molecular weight excluding hydrogens is 312 g/mol. The summed E-state index contributed by atoms with van der Waals surface area (Å²) in [5.74, 6) is 0.118. The Kier molecular flexibility index (Phi) is 4.46. The van der Waals surface area contributed by atoms with Gasteiger partial charge in [0.25, 0.3) is 5.91 Å². The predicted octanol–water partition coefficient (Wildman–Crippen LogP) is 3.59. The fraction of sp³-hybridized carbons (Fsp3) is 0.350. The molecular formula is C20H22N4O. The Morgan fingerprint density at radius 1 is 1.12 bits per heavy atom. The van der Waals surface area contributed by atoms with Crippen molar-refractivity contribution in [2.45, 2.75) is 38.1 Å². The Morgan fingerprint density at radius 3 is 2.84 bits per heavy atom. The molecule has 1 saturated heterocycles. The third-order valence-electron chi connectivity index (χ3n) is 5.05. The predicted molar refractivity (Wildman–Crippen MR) is 97.3 cm³/mol. The van der Waals surface area contributed by atoms with Gasteiger partial charge in [0.1, 0.15) is 11.0 Å². The lowest BCUT2D eigenvalue weighted by atomic mass is 10.0. The van der Waals surface area contributed by atoms with Crippen molar-refractivity contribution in [1.82, 2.24) is 20.3 Å². The fourth-order valence-corrected chi connectivity index (χ4v) is 3.73. The van der Waals surface area contributed by atoms with E-state index in [1.165, 1.54) is 5.56 Å². The molecule has 2 aromatic carbocycles. The molecule has 0 saturated carbocycles. The summed E-state index contributed by atoms with van der Waals surface area (Å²) in [7, 11) is 0. The maximum Gasteiger partial charge on any atom is 0.254 e. The van der Waals surface area contributed by atoms with Crippen LogP contribution in [-0.4, -0.2) is 38.8 Å². The minimum atomic E-state index is 0.118. The molecule has 1 N–H and O–H groups in total. The normalized spacial score (nSPS) is 17.3. The average molecular weight is 334 g/mol. The lowest BCUT2D eigenvalue weighted by Crippen LogP contribution is -2.35. The van der Waals surface area contributed by atoms with E-state index in [1.54, 1.807) is 0 Å². The van der Waals surface area contributed by atoms with Crippen LogP contribution in [0.15, 0.2) is 48.5 Å². The highest BCUT2D eigenvalue weighted by atomic mass is 16.2. The third-order valence-corrected chi connectivity index (χ3v) is 5.05. The zero-order chi connectivity index (χ0) is 17.1. The SMILES string of the molecule is O=C(c1ccc2n[nH]nc2c1)N1CCCC1CCCc1ccccc1. The monoisotopic (exact) mass is 334 g/mol. The number of hydrogen-bond donors (Lipinski definition) is 1. The van der Waals surface area contributed by atoms with E-state index in [9.17, 15) is 4.79 Å². The van der Waals surface area contributed by atoms with Crippen LogP contribution in [0.3, 0.4) is 0 Å². The maximum atomic E-state index is 12.9. The topological polar surface area (TPSA) is 61.9 Å². The van der Waals surface area contributed by atoms with Gasteiger partial charge in [0.2, 0.25) is 0 Å². The Morgan fingerprint density at radius 2 is 1.96 bits per heavy atom. The van der Waals surface area contributed by atoms with Crippen molar-refractivity contribution >= 4 is 16.9 Å². The molecule has 1 aliphatic rings. The summed E-state index contributed by atoms with van der Waals surface area (Å²) in [6, 6.07) is 16.5. The third kappa shape index (κ3) is 3.40. The second-order valence-corrected chi connectivity index (χ2v) is 6.70. The van der Waals surface area contributed by atoms with Gasteiger partial charge in [-0.3, -0.25) is 4.79 Å². The summed E-state index contributed by atoms with van der Waals surface area (Å²) in [6.07, 6.45) is 5.44. The van der Waals surface area contributed by atoms with E-state index in [4.69, 9.17) is 0 Å². The standard InChI is InChI=1S/C20H22N4O/c25-20(16-11-12-18-19(14-16)22-23-21-18)24-13-5-10-17(24)9-4-8-15-6-2-1-3-7-15/h1-3,6-7,11-12,14,17H,4-5,8-10,13H2,(H,21,22,23). The van der Waals surface area contributed by atoms with Crippen LogP contribution in [0.1, 0.15) is 41.6 Å².